The third-order valence-electron chi connectivity index (χ3n) is 5.91. The molecule has 1 amide bonds. The van der Waals surface area contributed by atoms with Gasteiger partial charge >= 0.3 is 0 Å². The topological polar surface area (TPSA) is 46.5 Å². The molecule has 2 saturated heterocycles. The van der Waals surface area contributed by atoms with Crippen molar-refractivity contribution >= 4 is 28.4 Å². The SMILES string of the molecule is Cn1cc(CN2CCC(C(=O)NCC3CCCO3)CC2)c2cc(Cl)ccc21. The lowest BCUT2D eigenvalue weighted by atomic mass is 9.95. The Labute approximate surface area is 165 Å². The standard InChI is InChI=1S/C21H28ClN3O2/c1-24-13-16(19-11-17(22)4-5-20(19)24)14-25-8-6-15(7-9-25)21(26)23-12-18-3-2-10-27-18/h4-5,11,13,15,18H,2-3,6-10,12,14H2,1H3,(H,23,26). The van der Waals surface area contributed by atoms with E-state index in [4.69, 9.17) is 16.3 Å². The Morgan fingerprint density at radius 1 is 1.30 bits per heavy atom. The van der Waals surface area contributed by atoms with Crippen molar-refractivity contribution in [3.05, 3.63) is 35.0 Å². The Morgan fingerprint density at radius 3 is 2.85 bits per heavy atom. The van der Waals surface area contributed by atoms with Gasteiger partial charge in [-0.2, -0.15) is 0 Å². The average Bonchev–Trinajstić information content (AvgIpc) is 3.29. The van der Waals surface area contributed by atoms with Gasteiger partial charge in [-0.05, 0) is 62.5 Å². The average molecular weight is 390 g/mol. The number of carbonyl (C=O) groups is 1. The van der Waals surface area contributed by atoms with E-state index >= 15 is 0 Å². The quantitative estimate of drug-likeness (QED) is 0.853. The molecule has 2 fully saturated rings. The van der Waals surface area contributed by atoms with Crippen molar-refractivity contribution in [2.24, 2.45) is 13.0 Å². The van der Waals surface area contributed by atoms with Crippen LogP contribution in [0.1, 0.15) is 31.2 Å². The Morgan fingerprint density at radius 2 is 2.11 bits per heavy atom. The summed E-state index contributed by atoms with van der Waals surface area (Å²) in [5.41, 5.74) is 2.51. The Kier molecular flexibility index (Phi) is 5.71. The largest absolute Gasteiger partial charge is 0.376 e. The van der Waals surface area contributed by atoms with E-state index in [1.807, 2.05) is 6.07 Å². The summed E-state index contributed by atoms with van der Waals surface area (Å²) in [6.45, 7) is 4.31. The van der Waals surface area contributed by atoms with Gasteiger partial charge in [0, 0.05) is 54.8 Å². The van der Waals surface area contributed by atoms with Gasteiger partial charge in [-0.1, -0.05) is 11.6 Å². The van der Waals surface area contributed by atoms with E-state index in [1.165, 1.54) is 16.5 Å². The number of hydrogen-bond acceptors (Lipinski definition) is 3. The lowest BCUT2D eigenvalue weighted by Crippen LogP contribution is -2.42. The minimum Gasteiger partial charge on any atom is -0.376 e. The minimum atomic E-state index is 0.129. The van der Waals surface area contributed by atoms with E-state index in [0.29, 0.717) is 6.54 Å². The molecule has 1 atom stereocenters. The van der Waals surface area contributed by atoms with Crippen LogP contribution in [0, 0.1) is 5.92 Å². The van der Waals surface area contributed by atoms with Crippen LogP contribution in [0.4, 0.5) is 0 Å². The number of rotatable bonds is 5. The van der Waals surface area contributed by atoms with Crippen molar-refractivity contribution in [3.63, 3.8) is 0 Å². The second-order valence-corrected chi connectivity index (χ2v) is 8.29. The number of nitrogens with one attached hydrogen (secondary N) is 1. The Balaban J connectivity index is 1.30. The van der Waals surface area contributed by atoms with Crippen molar-refractivity contribution in [2.75, 3.05) is 26.2 Å². The van der Waals surface area contributed by atoms with Crippen LogP contribution in [0.15, 0.2) is 24.4 Å². The van der Waals surface area contributed by atoms with Crippen molar-refractivity contribution in [1.29, 1.82) is 0 Å². The van der Waals surface area contributed by atoms with E-state index in [-0.39, 0.29) is 17.9 Å². The normalized spacial score (nSPS) is 21.8. The summed E-state index contributed by atoms with van der Waals surface area (Å²) in [5.74, 6) is 0.326. The molecule has 5 nitrogen and oxygen atoms in total. The van der Waals surface area contributed by atoms with Crippen molar-refractivity contribution < 1.29 is 9.53 Å². The molecule has 2 aliphatic rings. The third-order valence-corrected chi connectivity index (χ3v) is 6.15. The number of likely N-dealkylation sites (tertiary alicyclic amines) is 1. The zero-order valence-corrected chi connectivity index (χ0v) is 16.7. The van der Waals surface area contributed by atoms with Crippen LogP contribution in [0.3, 0.4) is 0 Å². The molecule has 0 aliphatic carbocycles. The molecule has 1 aromatic carbocycles. The molecule has 6 heteroatoms. The Bertz CT molecular complexity index is 805. The van der Waals surface area contributed by atoms with E-state index in [0.717, 1.165) is 56.9 Å². The molecule has 0 saturated carbocycles. The fourth-order valence-electron chi connectivity index (χ4n) is 4.33. The van der Waals surface area contributed by atoms with Gasteiger partial charge in [0.1, 0.15) is 0 Å². The fourth-order valence-corrected chi connectivity index (χ4v) is 4.50. The van der Waals surface area contributed by atoms with Crippen molar-refractivity contribution in [2.45, 2.75) is 38.3 Å². The van der Waals surface area contributed by atoms with Gasteiger partial charge in [0.15, 0.2) is 0 Å². The van der Waals surface area contributed by atoms with E-state index < -0.39 is 0 Å². The number of carbonyl (C=O) groups excluding carboxylic acids is 1. The maximum Gasteiger partial charge on any atom is 0.223 e. The lowest BCUT2D eigenvalue weighted by Gasteiger charge is -2.31. The number of piperidine rings is 1. The molecular formula is C21H28ClN3O2. The van der Waals surface area contributed by atoms with Gasteiger partial charge in [-0.15, -0.1) is 0 Å². The first kappa shape index (κ1) is 18.8. The first-order chi connectivity index (χ1) is 13.1. The number of halogens is 1. The highest BCUT2D eigenvalue weighted by atomic mass is 35.5. The van der Waals surface area contributed by atoms with Crippen LogP contribution >= 0.6 is 11.6 Å². The maximum atomic E-state index is 12.4. The first-order valence-corrected chi connectivity index (χ1v) is 10.3. The molecule has 1 aromatic heterocycles. The van der Waals surface area contributed by atoms with Crippen LogP contribution < -0.4 is 5.32 Å². The number of fused-ring (bicyclic) bond motifs is 1. The lowest BCUT2D eigenvalue weighted by molar-refractivity contribution is -0.127. The molecule has 0 spiro atoms. The summed E-state index contributed by atoms with van der Waals surface area (Å²) in [7, 11) is 2.07. The summed E-state index contributed by atoms with van der Waals surface area (Å²) in [6.07, 6.45) is 6.42. The maximum absolute atomic E-state index is 12.4. The summed E-state index contributed by atoms with van der Waals surface area (Å²) in [4.78, 5) is 14.9. The van der Waals surface area contributed by atoms with Crippen LogP contribution in [0.2, 0.25) is 5.02 Å². The van der Waals surface area contributed by atoms with Crippen LogP contribution in [0.5, 0.6) is 0 Å². The highest BCUT2D eigenvalue weighted by Gasteiger charge is 2.26. The van der Waals surface area contributed by atoms with Gasteiger partial charge in [-0.25, -0.2) is 0 Å². The van der Waals surface area contributed by atoms with Gasteiger partial charge < -0.3 is 14.6 Å². The number of benzene rings is 1. The van der Waals surface area contributed by atoms with Crippen LogP contribution in [-0.2, 0) is 23.1 Å². The van der Waals surface area contributed by atoms with Crippen molar-refractivity contribution in [1.82, 2.24) is 14.8 Å². The Hall–Kier alpha value is -1.56. The highest BCUT2D eigenvalue weighted by Crippen LogP contribution is 2.27. The molecule has 27 heavy (non-hydrogen) atoms. The second-order valence-electron chi connectivity index (χ2n) is 7.86. The molecule has 1 unspecified atom stereocenters. The molecule has 2 aromatic rings. The van der Waals surface area contributed by atoms with Gasteiger partial charge in [0.2, 0.25) is 5.91 Å². The first-order valence-electron chi connectivity index (χ1n) is 9.95. The molecule has 2 aliphatic heterocycles. The monoisotopic (exact) mass is 389 g/mol. The fraction of sp³-hybridized carbons (Fsp3) is 0.571. The highest BCUT2D eigenvalue weighted by molar-refractivity contribution is 6.31. The van der Waals surface area contributed by atoms with Crippen molar-refractivity contribution in [3.8, 4) is 0 Å². The molecule has 0 radical (unpaired) electrons. The van der Waals surface area contributed by atoms with Crippen LogP contribution in [-0.4, -0.2) is 47.7 Å². The molecule has 3 heterocycles. The number of amides is 1. The third kappa shape index (κ3) is 4.31. The van der Waals surface area contributed by atoms with Gasteiger partial charge in [-0.3, -0.25) is 9.69 Å². The smallest absolute Gasteiger partial charge is 0.223 e. The minimum absolute atomic E-state index is 0.129. The zero-order valence-electron chi connectivity index (χ0n) is 15.9. The molecule has 1 N–H and O–H groups in total. The number of aromatic nitrogens is 1. The number of nitrogens with zero attached hydrogens (tertiary/aromatic N) is 2. The molecule has 4 rings (SSSR count). The van der Waals surface area contributed by atoms with Gasteiger partial charge in [0.25, 0.3) is 0 Å². The summed E-state index contributed by atoms with van der Waals surface area (Å²) in [6, 6.07) is 6.07. The predicted molar refractivity (Wildman–Crippen MR) is 108 cm³/mol. The zero-order chi connectivity index (χ0) is 18.8. The summed E-state index contributed by atoms with van der Waals surface area (Å²) < 4.78 is 7.74. The van der Waals surface area contributed by atoms with Crippen LogP contribution in [0.25, 0.3) is 10.9 Å². The predicted octanol–water partition coefficient (Wildman–Crippen LogP) is 3.34. The van der Waals surface area contributed by atoms with E-state index in [9.17, 15) is 4.79 Å². The van der Waals surface area contributed by atoms with E-state index in [2.05, 4.69) is 40.2 Å². The number of aryl methyl sites for hydroxylation is 1. The summed E-state index contributed by atoms with van der Waals surface area (Å²) in [5, 5.41) is 5.09. The number of ether oxygens (including phenoxy) is 1. The second kappa shape index (κ2) is 8.21. The number of hydrogen-bond donors (Lipinski definition) is 1. The molecular weight excluding hydrogens is 362 g/mol. The van der Waals surface area contributed by atoms with E-state index in [1.54, 1.807) is 0 Å². The van der Waals surface area contributed by atoms with Gasteiger partial charge in [0.05, 0.1) is 6.10 Å². The molecule has 0 bridgehead atoms. The molecule has 146 valence electrons. The summed E-state index contributed by atoms with van der Waals surface area (Å²) >= 11 is 6.20.